The predicted octanol–water partition coefficient (Wildman–Crippen LogP) is -2.37. The Bertz CT molecular complexity index is 2020. The summed E-state index contributed by atoms with van der Waals surface area (Å²) >= 11 is 13.8. The lowest BCUT2D eigenvalue weighted by molar-refractivity contribution is -0.192. The normalized spacial score (nSPS) is 23.9. The summed E-state index contributed by atoms with van der Waals surface area (Å²) in [5.74, 6) is -1.23. The van der Waals surface area contributed by atoms with Crippen molar-refractivity contribution in [3.05, 3.63) is 41.7 Å². The number of nitrogens with one attached hydrogen (secondary N) is 7. The molecule has 1 aromatic heterocycles. The molecule has 16 N–H and O–H groups in total. The second-order valence-electron chi connectivity index (χ2n) is 15.7. The third-order valence-electron chi connectivity index (χ3n) is 11.4. The van der Waals surface area contributed by atoms with Crippen LogP contribution < -0.4 is 65.9 Å². The van der Waals surface area contributed by atoms with Crippen molar-refractivity contribution in [2.24, 2.45) is 32.9 Å². The van der Waals surface area contributed by atoms with Crippen LogP contribution in [0.3, 0.4) is 0 Å². The van der Waals surface area contributed by atoms with Crippen LogP contribution in [0, 0.1) is 7.05 Å². The van der Waals surface area contributed by atoms with E-state index in [-0.39, 0.29) is 60.7 Å². The zero-order valence-electron chi connectivity index (χ0n) is 35.8. The number of amides is 2. The molecule has 2 atom stereocenters. The van der Waals surface area contributed by atoms with E-state index in [1.54, 1.807) is 10.0 Å². The molecule has 7 aliphatic rings. The minimum atomic E-state index is -5.08. The van der Waals surface area contributed by atoms with Gasteiger partial charge in [-0.2, -0.15) is 34.2 Å². The third-order valence-corrected chi connectivity index (χ3v) is 12.2. The van der Waals surface area contributed by atoms with E-state index >= 15 is 0 Å². The number of aromatic nitrogens is 3. The Morgan fingerprint density at radius 1 is 0.833 bits per heavy atom. The largest absolute Gasteiger partial charge is 0.490 e. The minimum Gasteiger partial charge on any atom is -0.475 e. The molecule has 0 aliphatic carbocycles. The van der Waals surface area contributed by atoms with Gasteiger partial charge in [-0.25, -0.2) is 51.5 Å². The molecule has 66 heavy (non-hydrogen) atoms. The monoisotopic (exact) mass is 975 g/mol. The highest BCUT2D eigenvalue weighted by molar-refractivity contribution is 6.32. The van der Waals surface area contributed by atoms with Crippen LogP contribution in [0.1, 0.15) is 74.9 Å². The molecule has 26 nitrogen and oxygen atoms in total. The first-order valence-corrected chi connectivity index (χ1v) is 22.0. The minimum absolute atomic E-state index is 0.00924. The van der Waals surface area contributed by atoms with E-state index in [0.29, 0.717) is 63.6 Å². The van der Waals surface area contributed by atoms with Crippen LogP contribution in [0.25, 0.3) is 0 Å². The van der Waals surface area contributed by atoms with Gasteiger partial charge in [0.2, 0.25) is 5.95 Å². The number of amidine groups is 2. The van der Waals surface area contributed by atoms with Gasteiger partial charge in [0.15, 0.2) is 34.0 Å². The Balaban J connectivity index is 0.000000952. The number of piperidine rings is 2. The van der Waals surface area contributed by atoms with Crippen molar-refractivity contribution in [1.29, 1.82) is 0 Å². The lowest BCUT2D eigenvalue weighted by atomic mass is 9.94. The molecule has 0 spiro atoms. The number of primary amides is 1. The number of aliphatic carboxylic acids is 1. The first-order valence-electron chi connectivity index (χ1n) is 21.1. The van der Waals surface area contributed by atoms with Gasteiger partial charge in [-0.1, -0.05) is 36.0 Å². The van der Waals surface area contributed by atoms with Crippen molar-refractivity contribution >= 4 is 58.6 Å². The number of carboxylic acid groups (broad SMARTS) is 1. The van der Waals surface area contributed by atoms with Crippen LogP contribution in [0.15, 0.2) is 33.0 Å². The van der Waals surface area contributed by atoms with E-state index in [1.165, 1.54) is 17.7 Å². The molecule has 365 valence electrons. The number of halogens is 5. The van der Waals surface area contributed by atoms with E-state index in [4.69, 9.17) is 71.0 Å². The van der Waals surface area contributed by atoms with Crippen molar-refractivity contribution in [3.63, 3.8) is 0 Å². The van der Waals surface area contributed by atoms with Gasteiger partial charge in [0.25, 0.3) is 11.8 Å². The predicted molar refractivity (Wildman–Crippen MR) is 234 cm³/mol. The van der Waals surface area contributed by atoms with E-state index in [1.807, 2.05) is 10.0 Å². The Morgan fingerprint density at radius 3 is 1.95 bits per heavy atom. The maximum absolute atomic E-state index is 14.2. The Kier molecular flexibility index (Phi) is 17.2. The fourth-order valence-corrected chi connectivity index (χ4v) is 8.72. The SMILES string of the molecule is O=C(O)C(F)(F)F.[CH2]NNNCN1CNNNCNC2=NC(N)=C(C1=O)N(N1CCC(c3nc(C4CCN(N5C(C(N)=O)=C(N)N=C(N)C5Cl)CC4)nc(N4CCCCCC4)n3)CC1)C2Cl. The molecule has 1 aromatic rings. The first kappa shape index (κ1) is 50.3. The number of anilines is 1. The maximum atomic E-state index is 14.2. The molecular formula is C35H56Cl2F3N22O4. The lowest BCUT2D eigenvalue weighted by Gasteiger charge is -2.46. The summed E-state index contributed by atoms with van der Waals surface area (Å²) in [5, 5.41) is 17.6. The lowest BCUT2D eigenvalue weighted by Crippen LogP contribution is -2.62. The summed E-state index contributed by atoms with van der Waals surface area (Å²) in [6.45, 7) is 4.32. The van der Waals surface area contributed by atoms with E-state index in [2.05, 4.69) is 60.0 Å². The van der Waals surface area contributed by atoms with Crippen LogP contribution in [-0.2, 0) is 14.4 Å². The van der Waals surface area contributed by atoms with Gasteiger partial charge >= 0.3 is 12.1 Å². The number of rotatable bonds is 10. The number of nitrogens with two attached hydrogens (primary N) is 4. The molecule has 2 bridgehead atoms. The van der Waals surface area contributed by atoms with Gasteiger partial charge < -0.3 is 43.2 Å². The molecule has 31 heteroatoms. The second kappa shape index (κ2) is 22.6. The van der Waals surface area contributed by atoms with Gasteiger partial charge in [-0.15, -0.1) is 0 Å². The molecule has 2 amide bonds. The van der Waals surface area contributed by atoms with Crippen molar-refractivity contribution in [2.45, 2.75) is 80.4 Å². The number of hydrogen-bond donors (Lipinski definition) is 12. The topological polar surface area (TPSA) is 343 Å². The first-order chi connectivity index (χ1) is 31.5. The van der Waals surface area contributed by atoms with Crippen LogP contribution in [0.5, 0.6) is 0 Å². The highest BCUT2D eigenvalue weighted by Gasteiger charge is 2.42. The van der Waals surface area contributed by atoms with Crippen LogP contribution >= 0.6 is 23.2 Å². The fraction of sp³-hybridized carbons (Fsp3) is 0.629. The number of aliphatic imine (C=N–C) groups is 2. The third kappa shape index (κ3) is 12.1. The number of alkyl halides is 5. The van der Waals surface area contributed by atoms with Crippen LogP contribution in [0.4, 0.5) is 19.1 Å². The average molecular weight is 977 g/mol. The van der Waals surface area contributed by atoms with Gasteiger partial charge in [0, 0.05) is 58.2 Å². The number of nitrogens with zero attached hydrogens (tertiary/aromatic N) is 11. The second-order valence-corrected chi connectivity index (χ2v) is 16.5. The van der Waals surface area contributed by atoms with Crippen molar-refractivity contribution in [1.82, 2.24) is 78.0 Å². The van der Waals surface area contributed by atoms with E-state index < -0.39 is 35.0 Å². The molecule has 1 radical (unpaired) electrons. The number of hydrazine groups is 6. The summed E-state index contributed by atoms with van der Waals surface area (Å²) in [6.07, 6.45) is 2.11. The van der Waals surface area contributed by atoms with E-state index in [9.17, 15) is 22.8 Å². The molecule has 0 aromatic carbocycles. The molecule has 8 heterocycles. The summed E-state index contributed by atoms with van der Waals surface area (Å²) in [6, 6.07) is 0. The Morgan fingerprint density at radius 2 is 1.41 bits per heavy atom. The average Bonchev–Trinajstić information content (AvgIpc) is 3.58. The Labute approximate surface area is 387 Å². The molecular weight excluding hydrogens is 920 g/mol. The molecule has 4 saturated heterocycles. The van der Waals surface area contributed by atoms with Crippen molar-refractivity contribution in [3.8, 4) is 0 Å². The number of carboxylic acids is 1. The molecule has 8 rings (SSSR count). The molecule has 7 aliphatic heterocycles. The van der Waals surface area contributed by atoms with Gasteiger partial charge in [0.1, 0.15) is 23.3 Å². The van der Waals surface area contributed by atoms with Crippen molar-refractivity contribution in [2.75, 3.05) is 64.2 Å². The number of carbonyl (C=O) groups excluding carboxylic acids is 2. The van der Waals surface area contributed by atoms with Crippen LogP contribution in [0.2, 0.25) is 0 Å². The van der Waals surface area contributed by atoms with E-state index in [0.717, 1.165) is 37.6 Å². The number of carbonyl (C=O) groups is 3. The maximum Gasteiger partial charge on any atom is 0.490 e. The standard InChI is InChI=1S/C33H55Cl2N22O2.C2HF3O2/c1-40-50-43-17-53-18-44-51-42-16-41-31-24(35)57(22(32(53)59)26(37)46-31)55-14-8-20(9-15-55)30-47-29(48-33(49-30)52-10-4-2-3-5-11-52)19-6-12-54(13-7-19)56-21(28(39)58)25(36)45-27(38)23(56)34;3-2(4,5)1(6)7/h19-20,23-24,40,42-44,50-51H,1-18,36-37H2,(H2,38,45)(H2,39,58)(H,41,46);(H,6,7). The number of hydrogen-bond acceptors (Lipinski definition) is 23. The highest BCUT2D eigenvalue weighted by Crippen LogP contribution is 2.36. The fourth-order valence-electron chi connectivity index (χ4n) is 8.10. The molecule has 2 unspecified atom stereocenters. The molecule has 0 saturated carbocycles. The van der Waals surface area contributed by atoms with Gasteiger partial charge in [-0.05, 0) is 38.5 Å². The smallest absolute Gasteiger partial charge is 0.475 e. The quantitative estimate of drug-likeness (QED) is 0.0504. The summed E-state index contributed by atoms with van der Waals surface area (Å²) < 4.78 is 31.7. The summed E-state index contributed by atoms with van der Waals surface area (Å²) in [7, 11) is 3.53. The highest BCUT2D eigenvalue weighted by atomic mass is 35.5. The van der Waals surface area contributed by atoms with Gasteiger partial charge in [-0.3, -0.25) is 19.6 Å². The van der Waals surface area contributed by atoms with Gasteiger partial charge in [0.05, 0.1) is 20.0 Å². The van der Waals surface area contributed by atoms with Crippen LogP contribution in [-0.4, -0.2) is 151 Å². The zero-order chi connectivity index (χ0) is 47.7. The zero-order valence-corrected chi connectivity index (χ0v) is 37.3. The molecule has 4 fully saturated rings. The summed E-state index contributed by atoms with van der Waals surface area (Å²) in [5.41, 5.74) is 39.7. The summed E-state index contributed by atoms with van der Waals surface area (Å²) in [4.78, 5) is 63.3. The number of fused-ring (bicyclic) bond motifs is 9. The van der Waals surface area contributed by atoms with Crippen molar-refractivity contribution < 1.29 is 32.7 Å². The Hall–Kier alpha value is -5.11.